The molecule has 0 aromatic heterocycles. The number of aliphatic hydroxyl groups is 1. The number of hydrogen-bond acceptors (Lipinski definition) is 3. The first-order chi connectivity index (χ1) is 8.41. The average molecular weight is 248 g/mol. The Balaban J connectivity index is 2.28. The van der Waals surface area contributed by atoms with E-state index in [1.807, 2.05) is 25.2 Å². The number of hydrogen-bond donors (Lipinski definition) is 2. The molecule has 0 spiro atoms. The summed E-state index contributed by atoms with van der Waals surface area (Å²) in [6.45, 7) is 6.53. The van der Waals surface area contributed by atoms with Gasteiger partial charge in [0.1, 0.15) is 0 Å². The van der Waals surface area contributed by atoms with Crippen LogP contribution < -0.4 is 10.2 Å². The van der Waals surface area contributed by atoms with Gasteiger partial charge in [0.05, 0.1) is 0 Å². The van der Waals surface area contributed by atoms with E-state index in [-0.39, 0.29) is 5.91 Å². The minimum Gasteiger partial charge on any atom is -0.378 e. The summed E-state index contributed by atoms with van der Waals surface area (Å²) in [4.78, 5) is 13.6. The molecule has 1 aliphatic rings. The number of carbonyl (C=O) groups excluding carboxylic acids is 1. The van der Waals surface area contributed by atoms with Gasteiger partial charge in [-0.05, 0) is 25.0 Å². The van der Waals surface area contributed by atoms with E-state index in [9.17, 15) is 9.90 Å². The van der Waals surface area contributed by atoms with E-state index in [4.69, 9.17) is 0 Å². The quantitative estimate of drug-likeness (QED) is 0.861. The van der Waals surface area contributed by atoms with Crippen LogP contribution in [0.2, 0.25) is 0 Å². The molecule has 0 bridgehead atoms. The minimum absolute atomic E-state index is 0.346. The highest BCUT2D eigenvalue weighted by molar-refractivity contribution is 6.02. The first kappa shape index (κ1) is 12.9. The fourth-order valence-electron chi connectivity index (χ4n) is 2.14. The summed E-state index contributed by atoms with van der Waals surface area (Å²) in [7, 11) is 2.04. The van der Waals surface area contributed by atoms with Crippen molar-refractivity contribution in [2.24, 2.45) is 5.92 Å². The molecule has 1 amide bonds. The molecule has 18 heavy (non-hydrogen) atoms. The summed E-state index contributed by atoms with van der Waals surface area (Å²) in [5.74, 6) is 0.199. The second-order valence-electron chi connectivity index (χ2n) is 5.26. The molecule has 4 nitrogen and oxygen atoms in total. The number of rotatable bonds is 3. The molecule has 0 saturated heterocycles. The minimum atomic E-state index is -1.03. The lowest BCUT2D eigenvalue weighted by atomic mass is 10.0. The summed E-state index contributed by atoms with van der Waals surface area (Å²) < 4.78 is 0. The van der Waals surface area contributed by atoms with Crippen LogP contribution >= 0.6 is 0 Å². The Morgan fingerprint density at radius 1 is 1.33 bits per heavy atom. The van der Waals surface area contributed by atoms with Gasteiger partial charge < -0.3 is 15.3 Å². The topological polar surface area (TPSA) is 52.6 Å². The number of anilines is 2. The molecule has 1 aromatic carbocycles. The van der Waals surface area contributed by atoms with Crippen LogP contribution in [0.3, 0.4) is 0 Å². The molecule has 0 fully saturated rings. The maximum atomic E-state index is 11.4. The third-order valence-electron chi connectivity index (χ3n) is 3.82. The van der Waals surface area contributed by atoms with Crippen LogP contribution in [0.15, 0.2) is 18.2 Å². The maximum absolute atomic E-state index is 11.4. The van der Waals surface area contributed by atoms with E-state index in [0.29, 0.717) is 23.2 Å². The van der Waals surface area contributed by atoms with Crippen molar-refractivity contribution in [3.63, 3.8) is 0 Å². The Bertz CT molecular complexity index is 471. The van der Waals surface area contributed by atoms with Crippen molar-refractivity contribution in [3.05, 3.63) is 23.8 Å². The molecule has 2 unspecified atom stereocenters. The number of benzene rings is 1. The van der Waals surface area contributed by atoms with Gasteiger partial charge in [0.15, 0.2) is 6.10 Å². The molecule has 0 radical (unpaired) electrons. The Morgan fingerprint density at radius 2 is 2.00 bits per heavy atom. The van der Waals surface area contributed by atoms with Crippen molar-refractivity contribution in [1.29, 1.82) is 0 Å². The Labute approximate surface area is 108 Å². The number of amides is 1. The largest absolute Gasteiger partial charge is 0.378 e. The van der Waals surface area contributed by atoms with Gasteiger partial charge in [-0.25, -0.2) is 0 Å². The summed E-state index contributed by atoms with van der Waals surface area (Å²) in [5, 5.41) is 12.3. The Morgan fingerprint density at radius 3 is 2.61 bits per heavy atom. The second-order valence-corrected chi connectivity index (χ2v) is 5.26. The molecule has 2 N–H and O–H groups in total. The number of aliphatic hydroxyl groups excluding tert-OH is 1. The average Bonchev–Trinajstić information content (AvgIpc) is 2.62. The van der Waals surface area contributed by atoms with Gasteiger partial charge in [0.2, 0.25) is 0 Å². The summed E-state index contributed by atoms with van der Waals surface area (Å²) in [5.41, 5.74) is 2.42. The highest BCUT2D eigenvalue weighted by Gasteiger charge is 2.29. The van der Waals surface area contributed by atoms with Crippen molar-refractivity contribution in [2.45, 2.75) is 32.9 Å². The highest BCUT2D eigenvalue weighted by atomic mass is 16.3. The molecule has 2 rings (SSSR count). The van der Waals surface area contributed by atoms with Crippen LogP contribution in [0.1, 0.15) is 32.4 Å². The molecule has 1 aliphatic heterocycles. The maximum Gasteiger partial charge on any atom is 0.257 e. The van der Waals surface area contributed by atoms with Gasteiger partial charge in [-0.1, -0.05) is 19.9 Å². The lowest BCUT2D eigenvalue weighted by Gasteiger charge is -2.30. The molecule has 4 heteroatoms. The lowest BCUT2D eigenvalue weighted by Crippen LogP contribution is -2.33. The zero-order chi connectivity index (χ0) is 13.4. The van der Waals surface area contributed by atoms with Gasteiger partial charge in [-0.15, -0.1) is 0 Å². The smallest absolute Gasteiger partial charge is 0.257 e. The van der Waals surface area contributed by atoms with E-state index < -0.39 is 6.10 Å². The van der Waals surface area contributed by atoms with Gasteiger partial charge >= 0.3 is 0 Å². The molecule has 1 heterocycles. The van der Waals surface area contributed by atoms with Crippen molar-refractivity contribution in [3.8, 4) is 0 Å². The summed E-state index contributed by atoms with van der Waals surface area (Å²) in [6.07, 6.45) is -1.03. The molecule has 1 aromatic rings. The van der Waals surface area contributed by atoms with Gasteiger partial charge in [-0.2, -0.15) is 0 Å². The second kappa shape index (κ2) is 4.61. The highest BCUT2D eigenvalue weighted by Crippen LogP contribution is 2.34. The third kappa shape index (κ3) is 2.08. The van der Waals surface area contributed by atoms with Crippen LogP contribution in [-0.4, -0.2) is 24.1 Å². The van der Waals surface area contributed by atoms with E-state index in [0.717, 1.165) is 5.69 Å². The van der Waals surface area contributed by atoms with Crippen LogP contribution in [0.25, 0.3) is 0 Å². The third-order valence-corrected chi connectivity index (χ3v) is 3.82. The predicted octanol–water partition coefficient (Wildman–Crippen LogP) is 2.15. The van der Waals surface area contributed by atoms with Gasteiger partial charge in [0.25, 0.3) is 5.91 Å². The van der Waals surface area contributed by atoms with Crippen LogP contribution in [0.4, 0.5) is 11.4 Å². The number of fused-ring (bicyclic) bond motifs is 1. The lowest BCUT2D eigenvalue weighted by molar-refractivity contribution is -0.123. The zero-order valence-electron chi connectivity index (χ0n) is 11.3. The molecular weight excluding hydrogens is 228 g/mol. The standard InChI is InChI=1S/C14H20N2O2/c1-8(2)9(3)16(4)10-5-6-11-12(7-10)15-14(18)13(11)17/h5-9,13,17H,1-4H3,(H,15,18). The van der Waals surface area contributed by atoms with Crippen molar-refractivity contribution < 1.29 is 9.90 Å². The Kier molecular flexibility index (Phi) is 3.30. The van der Waals surface area contributed by atoms with E-state index in [2.05, 4.69) is 31.0 Å². The first-order valence-corrected chi connectivity index (χ1v) is 6.27. The van der Waals surface area contributed by atoms with Gasteiger partial charge in [-0.3, -0.25) is 4.79 Å². The van der Waals surface area contributed by atoms with Crippen LogP contribution in [0, 0.1) is 5.92 Å². The van der Waals surface area contributed by atoms with Gasteiger partial charge in [0, 0.05) is 30.0 Å². The summed E-state index contributed by atoms with van der Waals surface area (Å²) in [6, 6.07) is 6.09. The van der Waals surface area contributed by atoms with Crippen molar-refractivity contribution >= 4 is 17.3 Å². The zero-order valence-corrected chi connectivity index (χ0v) is 11.3. The van der Waals surface area contributed by atoms with Crippen LogP contribution in [-0.2, 0) is 4.79 Å². The number of carbonyl (C=O) groups is 1. The first-order valence-electron chi connectivity index (χ1n) is 6.27. The Hall–Kier alpha value is -1.55. The van der Waals surface area contributed by atoms with E-state index in [1.165, 1.54) is 0 Å². The number of nitrogens with one attached hydrogen (secondary N) is 1. The fourth-order valence-corrected chi connectivity index (χ4v) is 2.14. The molecular formula is C14H20N2O2. The number of nitrogens with zero attached hydrogens (tertiary/aromatic N) is 1. The van der Waals surface area contributed by atoms with Crippen LogP contribution in [0.5, 0.6) is 0 Å². The summed E-state index contributed by atoms with van der Waals surface area (Å²) >= 11 is 0. The van der Waals surface area contributed by atoms with Crippen molar-refractivity contribution in [2.75, 3.05) is 17.3 Å². The van der Waals surface area contributed by atoms with E-state index >= 15 is 0 Å². The van der Waals surface area contributed by atoms with E-state index in [1.54, 1.807) is 0 Å². The molecule has 98 valence electrons. The fraction of sp³-hybridized carbons (Fsp3) is 0.500. The monoisotopic (exact) mass is 248 g/mol. The predicted molar refractivity (Wildman–Crippen MR) is 72.7 cm³/mol. The molecule has 0 saturated carbocycles. The molecule has 0 aliphatic carbocycles. The SMILES string of the molecule is CC(C)C(C)N(C)c1ccc2c(c1)NC(=O)C2O. The van der Waals surface area contributed by atoms with Crippen molar-refractivity contribution in [1.82, 2.24) is 0 Å². The normalized spacial score (nSPS) is 19.7. The molecule has 2 atom stereocenters.